The van der Waals surface area contributed by atoms with Gasteiger partial charge in [0.1, 0.15) is 35.4 Å². The van der Waals surface area contributed by atoms with Crippen molar-refractivity contribution in [2.45, 2.75) is 69.5 Å². The first-order chi connectivity index (χ1) is 29.8. The van der Waals surface area contributed by atoms with E-state index in [0.717, 1.165) is 129 Å². The predicted octanol–water partition coefficient (Wildman–Crippen LogP) is 5.29. The Morgan fingerprint density at radius 1 is 0.721 bits per heavy atom. The third-order valence-corrected chi connectivity index (χ3v) is 13.5. The SMILES string of the molecule is Nc1ncnc2c1c(-c1ccc(Oc3ccccc3)cc1)nn2C1CCC(N2CCN(CC3CCN(c4cccc5c4C(=O)N(C4CCC(=O)NC4=O)C5=O)CC3)CC2)CC1. The van der Waals surface area contributed by atoms with E-state index in [1.54, 1.807) is 6.07 Å². The average Bonchev–Trinajstić information content (AvgIpc) is 3.80. The summed E-state index contributed by atoms with van der Waals surface area (Å²) in [7, 11) is 0. The quantitative estimate of drug-likeness (QED) is 0.185. The number of hydrogen-bond acceptors (Lipinski definition) is 12. The fourth-order valence-corrected chi connectivity index (χ4v) is 10.2. The highest BCUT2D eigenvalue weighted by Gasteiger charge is 2.46. The molecule has 5 aromatic rings. The summed E-state index contributed by atoms with van der Waals surface area (Å²) in [6.45, 7) is 6.89. The van der Waals surface area contributed by atoms with Crippen molar-refractivity contribution in [3.8, 4) is 22.8 Å². The zero-order valence-electron chi connectivity index (χ0n) is 34.1. The topological polar surface area (TPSA) is 172 Å². The first kappa shape index (κ1) is 39.0. The Morgan fingerprint density at radius 2 is 1.44 bits per heavy atom. The third-order valence-electron chi connectivity index (χ3n) is 13.5. The highest BCUT2D eigenvalue weighted by Crippen LogP contribution is 2.39. The van der Waals surface area contributed by atoms with E-state index in [1.807, 2.05) is 66.7 Å². The van der Waals surface area contributed by atoms with Gasteiger partial charge >= 0.3 is 0 Å². The fraction of sp³-hybridized carbons (Fsp3) is 0.413. The smallest absolute Gasteiger partial charge is 0.264 e. The summed E-state index contributed by atoms with van der Waals surface area (Å²) in [5.41, 5.74) is 10.4. The Balaban J connectivity index is 0.716. The molecule has 3 aromatic carbocycles. The van der Waals surface area contributed by atoms with E-state index < -0.39 is 23.8 Å². The molecule has 15 nitrogen and oxygen atoms in total. The Morgan fingerprint density at radius 3 is 2.18 bits per heavy atom. The molecule has 4 aliphatic heterocycles. The van der Waals surface area contributed by atoms with Crippen molar-refractivity contribution in [3.63, 3.8) is 0 Å². The molecular formula is C46H50N10O5. The molecule has 6 heterocycles. The van der Waals surface area contributed by atoms with Crippen LogP contribution in [0.15, 0.2) is 79.1 Å². The maximum atomic E-state index is 13.7. The first-order valence-corrected chi connectivity index (χ1v) is 21.7. The number of imide groups is 2. The monoisotopic (exact) mass is 822 g/mol. The van der Waals surface area contributed by atoms with Gasteiger partial charge in [0.25, 0.3) is 11.8 Å². The number of piperidine rings is 2. The van der Waals surface area contributed by atoms with Crippen LogP contribution in [0.2, 0.25) is 0 Å². The van der Waals surface area contributed by atoms with Crippen molar-refractivity contribution in [2.24, 2.45) is 5.92 Å². The lowest BCUT2D eigenvalue weighted by molar-refractivity contribution is -0.136. The largest absolute Gasteiger partial charge is 0.457 e. The molecule has 2 aromatic heterocycles. The number of fused-ring (bicyclic) bond motifs is 2. The number of hydrogen-bond donors (Lipinski definition) is 2. The van der Waals surface area contributed by atoms with Crippen LogP contribution in [0.3, 0.4) is 0 Å². The molecule has 15 heteroatoms. The van der Waals surface area contributed by atoms with Crippen molar-refractivity contribution in [3.05, 3.63) is 90.3 Å². The molecule has 1 atom stereocenters. The molecule has 0 radical (unpaired) electrons. The number of amides is 4. The van der Waals surface area contributed by atoms with Gasteiger partial charge in [-0.05, 0) is 99.4 Å². The number of nitrogens with one attached hydrogen (secondary N) is 1. The van der Waals surface area contributed by atoms with Crippen LogP contribution in [-0.4, -0.2) is 116 Å². The number of benzene rings is 3. The summed E-state index contributed by atoms with van der Waals surface area (Å²) < 4.78 is 8.11. The average molecular weight is 823 g/mol. The van der Waals surface area contributed by atoms with Gasteiger partial charge in [0.2, 0.25) is 11.8 Å². The highest BCUT2D eigenvalue weighted by atomic mass is 16.5. The van der Waals surface area contributed by atoms with Gasteiger partial charge in [-0.1, -0.05) is 24.3 Å². The Labute approximate surface area is 353 Å². The van der Waals surface area contributed by atoms with Crippen molar-refractivity contribution in [2.75, 3.05) is 56.4 Å². The number of nitrogens with two attached hydrogens (primary N) is 1. The van der Waals surface area contributed by atoms with E-state index >= 15 is 0 Å². The van der Waals surface area contributed by atoms with Gasteiger partial charge in [-0.25, -0.2) is 14.6 Å². The second-order valence-electron chi connectivity index (χ2n) is 17.1. The van der Waals surface area contributed by atoms with E-state index in [0.29, 0.717) is 28.9 Å². The molecule has 3 N–H and O–H groups in total. The van der Waals surface area contributed by atoms with Crippen LogP contribution in [0.1, 0.15) is 78.1 Å². The van der Waals surface area contributed by atoms with Crippen molar-refractivity contribution in [1.82, 2.24) is 39.8 Å². The molecule has 0 spiro atoms. The van der Waals surface area contributed by atoms with Gasteiger partial charge in [0.05, 0.1) is 28.2 Å². The standard InChI is InChI=1S/C46H50N10O5/c47-42-40-41(30-9-15-34(16-10-30)61-33-5-2-1-3-6-33)51-56(43(40)49-28-48-42)32-13-11-31(12-14-32)53-25-23-52(24-26-53)27-29-19-21-54(22-20-29)36-8-4-7-35-39(36)46(60)55(45(35)59)37-17-18-38(57)50-44(37)58/h1-10,15-16,28-29,31-32,37H,11-14,17-27H2,(H2,47,48,49)(H,50,57,58). The summed E-state index contributed by atoms with van der Waals surface area (Å²) in [6, 6.07) is 22.9. The zero-order valence-corrected chi connectivity index (χ0v) is 34.1. The molecule has 4 amide bonds. The minimum absolute atomic E-state index is 0.101. The lowest BCUT2D eigenvalue weighted by atomic mass is 9.89. The van der Waals surface area contributed by atoms with E-state index in [2.05, 4.69) is 34.7 Å². The first-order valence-electron chi connectivity index (χ1n) is 21.7. The normalized spacial score (nSPS) is 23.1. The summed E-state index contributed by atoms with van der Waals surface area (Å²) in [5, 5.41) is 8.21. The van der Waals surface area contributed by atoms with Crippen molar-refractivity contribution in [1.29, 1.82) is 0 Å². The number of nitrogens with zero attached hydrogens (tertiary/aromatic N) is 8. The maximum absolute atomic E-state index is 13.7. The molecule has 1 saturated carbocycles. The molecule has 61 heavy (non-hydrogen) atoms. The second kappa shape index (κ2) is 16.3. The summed E-state index contributed by atoms with van der Waals surface area (Å²) in [5.74, 6) is 0.634. The molecule has 5 aliphatic rings. The summed E-state index contributed by atoms with van der Waals surface area (Å²) in [6.07, 6.45) is 8.03. The molecule has 4 fully saturated rings. The number of aromatic nitrogens is 4. The number of carbonyl (C=O) groups is 4. The lowest BCUT2D eigenvalue weighted by Gasteiger charge is -2.43. The van der Waals surface area contributed by atoms with Gasteiger partial charge in [0, 0.05) is 63.8 Å². The Kier molecular flexibility index (Phi) is 10.4. The summed E-state index contributed by atoms with van der Waals surface area (Å²) in [4.78, 5) is 69.0. The minimum atomic E-state index is -0.969. The maximum Gasteiger partial charge on any atom is 0.264 e. The van der Waals surface area contributed by atoms with E-state index in [9.17, 15) is 19.2 Å². The van der Waals surface area contributed by atoms with Crippen molar-refractivity contribution < 1.29 is 23.9 Å². The van der Waals surface area contributed by atoms with E-state index in [4.69, 9.17) is 15.6 Å². The van der Waals surface area contributed by atoms with Crippen LogP contribution in [-0.2, 0) is 9.59 Å². The van der Waals surface area contributed by atoms with Crippen molar-refractivity contribution >= 4 is 46.2 Å². The number of nitrogen functional groups attached to an aromatic ring is 1. The van der Waals surface area contributed by atoms with E-state index in [-0.39, 0.29) is 24.8 Å². The zero-order chi connectivity index (χ0) is 41.6. The molecular weight excluding hydrogens is 773 g/mol. The van der Waals surface area contributed by atoms with Gasteiger partial charge in [-0.3, -0.25) is 34.3 Å². The van der Waals surface area contributed by atoms with Crippen LogP contribution >= 0.6 is 0 Å². The van der Waals surface area contributed by atoms with Crippen LogP contribution in [0, 0.1) is 5.92 Å². The number of anilines is 2. The van der Waals surface area contributed by atoms with Crippen LogP contribution < -0.4 is 20.7 Å². The van der Waals surface area contributed by atoms with Gasteiger partial charge < -0.3 is 20.3 Å². The van der Waals surface area contributed by atoms with Gasteiger partial charge in [-0.2, -0.15) is 5.10 Å². The fourth-order valence-electron chi connectivity index (χ4n) is 10.2. The predicted molar refractivity (Wildman–Crippen MR) is 229 cm³/mol. The molecule has 10 rings (SSSR count). The Hall–Kier alpha value is -6.19. The van der Waals surface area contributed by atoms with Gasteiger partial charge in [0.15, 0.2) is 5.65 Å². The minimum Gasteiger partial charge on any atom is -0.457 e. The van der Waals surface area contributed by atoms with Crippen LogP contribution in [0.25, 0.3) is 22.3 Å². The Bertz CT molecular complexity index is 2470. The molecule has 1 unspecified atom stereocenters. The third kappa shape index (κ3) is 7.50. The lowest BCUT2D eigenvalue weighted by Crippen LogP contribution is -2.54. The van der Waals surface area contributed by atoms with E-state index in [1.165, 1.54) is 6.33 Å². The number of ether oxygens (including phenoxy) is 1. The van der Waals surface area contributed by atoms with Gasteiger partial charge in [-0.15, -0.1) is 0 Å². The highest BCUT2D eigenvalue weighted by molar-refractivity contribution is 6.25. The summed E-state index contributed by atoms with van der Waals surface area (Å²) >= 11 is 0. The molecule has 1 aliphatic carbocycles. The number of piperazine rings is 1. The number of para-hydroxylation sites is 1. The number of rotatable bonds is 9. The second-order valence-corrected chi connectivity index (χ2v) is 17.1. The molecule has 314 valence electrons. The molecule has 0 bridgehead atoms. The number of carbonyl (C=O) groups excluding carboxylic acids is 4. The van der Waals surface area contributed by atoms with Crippen LogP contribution in [0.4, 0.5) is 11.5 Å². The van der Waals surface area contributed by atoms with Crippen LogP contribution in [0.5, 0.6) is 11.5 Å². The molecule has 3 saturated heterocycles.